The molecular weight excluding hydrogens is 202 g/mol. The van der Waals surface area contributed by atoms with Gasteiger partial charge in [0.2, 0.25) is 0 Å². The van der Waals surface area contributed by atoms with Gasteiger partial charge < -0.3 is 10.7 Å². The third-order valence-corrected chi connectivity index (χ3v) is 2.79. The number of hydrogen-bond donors (Lipinski definition) is 2. The molecule has 0 radical (unpaired) electrons. The average molecular weight is 223 g/mol. The van der Waals surface area contributed by atoms with E-state index < -0.39 is 5.54 Å². The highest BCUT2D eigenvalue weighted by atomic mass is 16.1. The molecule has 0 saturated heterocycles. The Hall–Kier alpha value is -1.16. The number of hydrogen-bond acceptors (Lipinski definition) is 3. The predicted molar refractivity (Wildman–Crippen MR) is 65.4 cm³/mol. The minimum Gasteiger partial charge on any atom is -0.319 e. The molecule has 0 aliphatic carbocycles. The van der Waals surface area contributed by atoms with Crippen LogP contribution in [0.5, 0.6) is 0 Å². The molecule has 0 amide bonds. The molecule has 1 rings (SSSR count). The summed E-state index contributed by atoms with van der Waals surface area (Å²) in [4.78, 5) is 18.8. The van der Waals surface area contributed by atoms with Crippen LogP contribution in [-0.4, -0.2) is 9.97 Å². The summed E-state index contributed by atoms with van der Waals surface area (Å²) < 4.78 is 0. The van der Waals surface area contributed by atoms with Gasteiger partial charge >= 0.3 is 0 Å². The number of rotatable bonds is 2. The second-order valence-electron chi connectivity index (χ2n) is 5.50. The molecule has 3 N–H and O–H groups in total. The van der Waals surface area contributed by atoms with E-state index in [4.69, 9.17) is 5.73 Å². The minimum atomic E-state index is -0.583. The maximum Gasteiger partial charge on any atom is 0.251 e. The van der Waals surface area contributed by atoms with Gasteiger partial charge in [0, 0.05) is 11.5 Å². The summed E-state index contributed by atoms with van der Waals surface area (Å²) in [6.45, 7) is 9.93. The van der Waals surface area contributed by atoms with Gasteiger partial charge in [-0.2, -0.15) is 0 Å². The van der Waals surface area contributed by atoms with Crippen molar-refractivity contribution in [1.29, 1.82) is 0 Å². The average Bonchev–Trinajstić information content (AvgIpc) is 2.15. The van der Waals surface area contributed by atoms with E-state index in [1.165, 1.54) is 6.07 Å². The Balaban J connectivity index is 3.35. The summed E-state index contributed by atoms with van der Waals surface area (Å²) in [7, 11) is 0. The summed E-state index contributed by atoms with van der Waals surface area (Å²) in [5, 5.41) is 0. The topological polar surface area (TPSA) is 71.8 Å². The molecule has 0 saturated carbocycles. The smallest absolute Gasteiger partial charge is 0.251 e. The van der Waals surface area contributed by atoms with Crippen molar-refractivity contribution in [2.75, 3.05) is 0 Å². The van der Waals surface area contributed by atoms with Crippen LogP contribution in [0.1, 0.15) is 52.6 Å². The number of aromatic amines is 1. The van der Waals surface area contributed by atoms with Gasteiger partial charge in [-0.25, -0.2) is 4.98 Å². The van der Waals surface area contributed by atoms with Crippen molar-refractivity contribution in [3.8, 4) is 0 Å². The van der Waals surface area contributed by atoms with Gasteiger partial charge in [0.1, 0.15) is 5.82 Å². The lowest BCUT2D eigenvalue weighted by molar-refractivity contribution is 0.434. The van der Waals surface area contributed by atoms with Gasteiger partial charge in [-0.05, 0) is 13.3 Å². The molecule has 0 aliphatic heterocycles. The number of H-pyrrole nitrogens is 1. The Kier molecular flexibility index (Phi) is 3.24. The standard InChI is InChI=1S/C12H21N3O/c1-6-12(5,13)10-14-8(11(2,3)4)7-9(16)15-10/h7H,6,13H2,1-5H3,(H,14,15,16)/t12-/m1/s1. The first kappa shape index (κ1) is 12.9. The van der Waals surface area contributed by atoms with Crippen LogP contribution in [0, 0.1) is 0 Å². The summed E-state index contributed by atoms with van der Waals surface area (Å²) in [5.41, 5.74) is 5.99. The Bertz CT molecular complexity index is 427. The first-order valence-corrected chi connectivity index (χ1v) is 5.58. The van der Waals surface area contributed by atoms with Gasteiger partial charge in [0.25, 0.3) is 5.56 Å². The number of nitrogens with zero attached hydrogens (tertiary/aromatic N) is 1. The van der Waals surface area contributed by atoms with Crippen LogP contribution in [0.3, 0.4) is 0 Å². The lowest BCUT2D eigenvalue weighted by Gasteiger charge is -2.24. The van der Waals surface area contributed by atoms with Gasteiger partial charge in [-0.1, -0.05) is 27.7 Å². The molecular formula is C12H21N3O. The third kappa shape index (κ3) is 2.70. The quantitative estimate of drug-likeness (QED) is 0.800. The van der Waals surface area contributed by atoms with Crippen molar-refractivity contribution in [3.63, 3.8) is 0 Å². The van der Waals surface area contributed by atoms with E-state index in [2.05, 4.69) is 9.97 Å². The third-order valence-electron chi connectivity index (χ3n) is 2.79. The number of aromatic nitrogens is 2. The van der Waals surface area contributed by atoms with Crippen LogP contribution < -0.4 is 11.3 Å². The molecule has 90 valence electrons. The lowest BCUT2D eigenvalue weighted by Crippen LogP contribution is -2.37. The van der Waals surface area contributed by atoms with Crippen molar-refractivity contribution in [2.45, 2.75) is 52.0 Å². The largest absolute Gasteiger partial charge is 0.319 e. The van der Waals surface area contributed by atoms with Gasteiger partial charge in [-0.3, -0.25) is 4.79 Å². The molecule has 0 unspecified atom stereocenters. The molecule has 1 atom stereocenters. The van der Waals surface area contributed by atoms with Crippen molar-refractivity contribution in [3.05, 3.63) is 27.9 Å². The van der Waals surface area contributed by atoms with Crippen LogP contribution in [0.4, 0.5) is 0 Å². The van der Waals surface area contributed by atoms with E-state index in [1.807, 2.05) is 34.6 Å². The van der Waals surface area contributed by atoms with Crippen molar-refractivity contribution >= 4 is 0 Å². The molecule has 0 spiro atoms. The fourth-order valence-corrected chi connectivity index (χ4v) is 1.28. The monoisotopic (exact) mass is 223 g/mol. The molecule has 0 bridgehead atoms. The van der Waals surface area contributed by atoms with Gasteiger partial charge in [0.15, 0.2) is 0 Å². The molecule has 4 heteroatoms. The molecule has 1 heterocycles. The van der Waals surface area contributed by atoms with Crippen LogP contribution in [0.2, 0.25) is 0 Å². The van der Waals surface area contributed by atoms with E-state index in [0.717, 1.165) is 12.1 Å². The second-order valence-corrected chi connectivity index (χ2v) is 5.50. The molecule has 4 nitrogen and oxygen atoms in total. The van der Waals surface area contributed by atoms with E-state index >= 15 is 0 Å². The molecule has 16 heavy (non-hydrogen) atoms. The zero-order valence-corrected chi connectivity index (χ0v) is 10.7. The van der Waals surface area contributed by atoms with Crippen LogP contribution in [-0.2, 0) is 11.0 Å². The van der Waals surface area contributed by atoms with Crippen LogP contribution in [0.25, 0.3) is 0 Å². The summed E-state index contributed by atoms with van der Waals surface area (Å²) >= 11 is 0. The van der Waals surface area contributed by atoms with E-state index in [1.54, 1.807) is 0 Å². The predicted octanol–water partition coefficient (Wildman–Crippen LogP) is 1.65. The van der Waals surface area contributed by atoms with E-state index in [-0.39, 0.29) is 11.0 Å². The minimum absolute atomic E-state index is 0.139. The molecule has 1 aromatic rings. The zero-order valence-electron chi connectivity index (χ0n) is 10.7. The van der Waals surface area contributed by atoms with Gasteiger partial charge in [0.05, 0.1) is 11.2 Å². The summed E-state index contributed by atoms with van der Waals surface area (Å²) in [5.74, 6) is 0.562. The number of nitrogens with two attached hydrogens (primary N) is 1. The Morgan fingerprint density at radius 2 is 1.94 bits per heavy atom. The molecule has 0 aromatic carbocycles. The molecule has 0 fully saturated rings. The zero-order chi connectivity index (χ0) is 12.6. The maximum atomic E-state index is 11.6. The summed E-state index contributed by atoms with van der Waals surface area (Å²) in [6, 6.07) is 1.54. The first-order chi connectivity index (χ1) is 7.16. The molecule has 1 aromatic heterocycles. The lowest BCUT2D eigenvalue weighted by atomic mass is 9.91. The van der Waals surface area contributed by atoms with Crippen molar-refractivity contribution in [2.24, 2.45) is 5.73 Å². The summed E-state index contributed by atoms with van der Waals surface area (Å²) in [6.07, 6.45) is 0.726. The Morgan fingerprint density at radius 1 is 1.38 bits per heavy atom. The highest BCUT2D eigenvalue weighted by Crippen LogP contribution is 2.22. The molecule has 0 aliphatic rings. The highest BCUT2D eigenvalue weighted by molar-refractivity contribution is 5.15. The van der Waals surface area contributed by atoms with Crippen LogP contribution in [0.15, 0.2) is 10.9 Å². The fraction of sp³-hybridized carbons (Fsp3) is 0.667. The van der Waals surface area contributed by atoms with Crippen molar-refractivity contribution in [1.82, 2.24) is 9.97 Å². The van der Waals surface area contributed by atoms with Crippen LogP contribution >= 0.6 is 0 Å². The van der Waals surface area contributed by atoms with Crippen molar-refractivity contribution < 1.29 is 0 Å². The first-order valence-electron chi connectivity index (χ1n) is 5.58. The second kappa shape index (κ2) is 4.01. The number of nitrogens with one attached hydrogen (secondary N) is 1. The SMILES string of the molecule is CC[C@@](C)(N)c1nc(C(C)(C)C)cc(=O)[nH]1. The Labute approximate surface area is 96.3 Å². The van der Waals surface area contributed by atoms with E-state index in [0.29, 0.717) is 5.82 Å². The highest BCUT2D eigenvalue weighted by Gasteiger charge is 2.24. The normalized spacial score (nSPS) is 15.9. The maximum absolute atomic E-state index is 11.6. The fourth-order valence-electron chi connectivity index (χ4n) is 1.28. The van der Waals surface area contributed by atoms with Gasteiger partial charge in [-0.15, -0.1) is 0 Å². The Morgan fingerprint density at radius 3 is 2.38 bits per heavy atom. The van der Waals surface area contributed by atoms with E-state index in [9.17, 15) is 4.79 Å².